The van der Waals surface area contributed by atoms with Gasteiger partial charge in [-0.3, -0.25) is 10.1 Å². The van der Waals surface area contributed by atoms with E-state index in [1.807, 2.05) is 42.5 Å². The van der Waals surface area contributed by atoms with Crippen LogP contribution in [0.3, 0.4) is 0 Å². The lowest BCUT2D eigenvalue weighted by atomic mass is 9.90. The van der Waals surface area contributed by atoms with Gasteiger partial charge >= 0.3 is 0 Å². The van der Waals surface area contributed by atoms with Crippen LogP contribution in [0.1, 0.15) is 34.3 Å². The summed E-state index contributed by atoms with van der Waals surface area (Å²) in [7, 11) is 0. The number of anilines is 1. The van der Waals surface area contributed by atoms with Crippen molar-refractivity contribution in [1.82, 2.24) is 9.36 Å². The third-order valence-electron chi connectivity index (χ3n) is 4.29. The predicted octanol–water partition coefficient (Wildman–Crippen LogP) is 4.34. The number of benzene rings is 2. The van der Waals surface area contributed by atoms with E-state index in [1.54, 1.807) is 0 Å². The molecular weight excluding hydrogens is 318 g/mol. The molecule has 1 heterocycles. The lowest BCUT2D eigenvalue weighted by molar-refractivity contribution is 0.102. The van der Waals surface area contributed by atoms with E-state index in [0.717, 1.165) is 18.4 Å². The number of aromatic nitrogens is 2. The smallest absolute Gasteiger partial charge is 0.257 e. The second-order valence-corrected chi connectivity index (χ2v) is 6.69. The van der Waals surface area contributed by atoms with Gasteiger partial charge in [0.15, 0.2) is 5.82 Å². The molecule has 4 rings (SSSR count). The van der Waals surface area contributed by atoms with Gasteiger partial charge in [0.25, 0.3) is 5.91 Å². The molecule has 1 aliphatic carbocycles. The Balaban J connectivity index is 1.51. The van der Waals surface area contributed by atoms with Crippen molar-refractivity contribution < 1.29 is 4.79 Å². The molecule has 1 amide bonds. The first-order valence-corrected chi connectivity index (χ1v) is 8.89. The number of carbonyl (C=O) groups excluding carboxylic acids is 1. The minimum Gasteiger partial charge on any atom is -0.297 e. The molecule has 24 heavy (non-hydrogen) atoms. The van der Waals surface area contributed by atoms with Gasteiger partial charge in [0.05, 0.1) is 0 Å². The molecule has 4 nitrogen and oxygen atoms in total. The number of carbonyl (C=O) groups is 1. The van der Waals surface area contributed by atoms with Crippen molar-refractivity contribution in [3.05, 3.63) is 65.2 Å². The monoisotopic (exact) mass is 335 g/mol. The topological polar surface area (TPSA) is 54.9 Å². The first-order valence-electron chi connectivity index (χ1n) is 8.12. The van der Waals surface area contributed by atoms with Gasteiger partial charge in [-0.15, -0.1) is 0 Å². The van der Waals surface area contributed by atoms with E-state index in [-0.39, 0.29) is 5.91 Å². The van der Waals surface area contributed by atoms with Crippen molar-refractivity contribution in [2.24, 2.45) is 0 Å². The zero-order valence-electron chi connectivity index (χ0n) is 13.2. The minimum absolute atomic E-state index is 0.126. The number of hydrogen-bond donors (Lipinski definition) is 1. The van der Waals surface area contributed by atoms with Gasteiger partial charge in [0.2, 0.25) is 5.13 Å². The van der Waals surface area contributed by atoms with Crippen LogP contribution in [0.5, 0.6) is 0 Å². The fourth-order valence-electron chi connectivity index (χ4n) is 3.02. The summed E-state index contributed by atoms with van der Waals surface area (Å²) in [5.41, 5.74) is 4.31. The van der Waals surface area contributed by atoms with E-state index >= 15 is 0 Å². The van der Waals surface area contributed by atoms with Crippen LogP contribution in [0.4, 0.5) is 5.13 Å². The zero-order valence-corrected chi connectivity index (χ0v) is 14.0. The number of nitrogens with one attached hydrogen (secondary N) is 1. The van der Waals surface area contributed by atoms with Crippen molar-refractivity contribution in [1.29, 1.82) is 0 Å². The van der Waals surface area contributed by atoms with Gasteiger partial charge in [-0.05, 0) is 48.9 Å². The fraction of sp³-hybridized carbons (Fsp3) is 0.211. The maximum Gasteiger partial charge on any atom is 0.257 e. The molecule has 1 aliphatic rings. The van der Waals surface area contributed by atoms with Crippen LogP contribution in [-0.2, 0) is 12.8 Å². The Hall–Kier alpha value is -2.53. The standard InChI is InChI=1S/C19H17N3OS/c23-18(16-11-10-13-6-4-5-9-15(13)12-16)21-19-20-17(22-24-19)14-7-2-1-3-8-14/h1-3,7-8,10-12H,4-6,9H2,(H,20,21,22,23). The van der Waals surface area contributed by atoms with E-state index in [4.69, 9.17) is 0 Å². The maximum atomic E-state index is 12.5. The highest BCUT2D eigenvalue weighted by Crippen LogP contribution is 2.24. The Bertz CT molecular complexity index is 873. The first-order chi connectivity index (χ1) is 11.8. The molecule has 3 aromatic rings. The van der Waals surface area contributed by atoms with E-state index < -0.39 is 0 Å². The molecule has 5 heteroatoms. The third kappa shape index (κ3) is 3.08. The largest absolute Gasteiger partial charge is 0.297 e. The predicted molar refractivity (Wildman–Crippen MR) is 96.4 cm³/mol. The van der Waals surface area contributed by atoms with E-state index in [1.165, 1.54) is 35.5 Å². The summed E-state index contributed by atoms with van der Waals surface area (Å²) in [6.07, 6.45) is 4.63. The molecule has 0 saturated heterocycles. The highest BCUT2D eigenvalue weighted by Gasteiger charge is 2.14. The molecule has 1 N–H and O–H groups in total. The van der Waals surface area contributed by atoms with Gasteiger partial charge < -0.3 is 0 Å². The Morgan fingerprint density at radius 3 is 2.62 bits per heavy atom. The molecule has 0 spiro atoms. The maximum absolute atomic E-state index is 12.5. The molecule has 0 saturated carbocycles. The number of rotatable bonds is 3. The molecule has 120 valence electrons. The number of fused-ring (bicyclic) bond motifs is 1. The summed E-state index contributed by atoms with van der Waals surface area (Å²) < 4.78 is 4.32. The van der Waals surface area contributed by atoms with Crippen LogP contribution in [0.15, 0.2) is 48.5 Å². The number of aryl methyl sites for hydroxylation is 2. The van der Waals surface area contributed by atoms with Crippen LogP contribution in [-0.4, -0.2) is 15.3 Å². The van der Waals surface area contributed by atoms with Gasteiger partial charge in [0.1, 0.15) is 0 Å². The first kappa shape index (κ1) is 15.0. The van der Waals surface area contributed by atoms with Crippen LogP contribution in [0.2, 0.25) is 0 Å². The zero-order chi connectivity index (χ0) is 16.4. The van der Waals surface area contributed by atoms with Crippen molar-refractivity contribution in [3.8, 4) is 11.4 Å². The van der Waals surface area contributed by atoms with Crippen molar-refractivity contribution in [3.63, 3.8) is 0 Å². The average Bonchev–Trinajstić information content (AvgIpc) is 3.10. The molecule has 0 atom stereocenters. The van der Waals surface area contributed by atoms with Gasteiger partial charge in [0, 0.05) is 22.7 Å². The van der Waals surface area contributed by atoms with Gasteiger partial charge in [-0.2, -0.15) is 9.36 Å². The summed E-state index contributed by atoms with van der Waals surface area (Å²) in [6.45, 7) is 0. The summed E-state index contributed by atoms with van der Waals surface area (Å²) >= 11 is 1.20. The minimum atomic E-state index is -0.126. The molecule has 0 bridgehead atoms. The molecule has 0 aliphatic heterocycles. The van der Waals surface area contributed by atoms with E-state index in [9.17, 15) is 4.79 Å². The summed E-state index contributed by atoms with van der Waals surface area (Å²) in [4.78, 5) is 16.9. The lowest BCUT2D eigenvalue weighted by Gasteiger charge is -2.16. The lowest BCUT2D eigenvalue weighted by Crippen LogP contribution is -2.13. The molecule has 2 aromatic carbocycles. The molecule has 0 unspecified atom stereocenters. The molecule has 0 fully saturated rings. The van der Waals surface area contributed by atoms with Gasteiger partial charge in [-0.25, -0.2) is 0 Å². The number of nitrogens with zero attached hydrogens (tertiary/aromatic N) is 2. The SMILES string of the molecule is O=C(Nc1nc(-c2ccccc2)ns1)c1ccc2c(c1)CCCC2. The summed E-state index contributed by atoms with van der Waals surface area (Å²) in [6, 6.07) is 15.8. The summed E-state index contributed by atoms with van der Waals surface area (Å²) in [5.74, 6) is 0.514. The number of hydrogen-bond acceptors (Lipinski definition) is 4. The Labute approximate surface area is 144 Å². The second-order valence-electron chi connectivity index (χ2n) is 5.93. The van der Waals surface area contributed by atoms with Crippen LogP contribution in [0, 0.1) is 0 Å². The van der Waals surface area contributed by atoms with Crippen LogP contribution >= 0.6 is 11.5 Å². The van der Waals surface area contributed by atoms with Crippen LogP contribution < -0.4 is 5.32 Å². The van der Waals surface area contributed by atoms with Crippen molar-refractivity contribution in [2.45, 2.75) is 25.7 Å². The molecule has 1 aromatic heterocycles. The van der Waals surface area contributed by atoms with Crippen molar-refractivity contribution in [2.75, 3.05) is 5.32 Å². The normalized spacial score (nSPS) is 13.3. The Morgan fingerprint density at radius 1 is 1.00 bits per heavy atom. The van der Waals surface area contributed by atoms with Crippen molar-refractivity contribution >= 4 is 22.6 Å². The van der Waals surface area contributed by atoms with Crippen LogP contribution in [0.25, 0.3) is 11.4 Å². The Kier molecular flexibility index (Phi) is 4.09. The molecule has 0 radical (unpaired) electrons. The van der Waals surface area contributed by atoms with E-state index in [0.29, 0.717) is 16.5 Å². The highest BCUT2D eigenvalue weighted by molar-refractivity contribution is 7.10. The second kappa shape index (κ2) is 6.53. The third-order valence-corrected chi connectivity index (χ3v) is 4.92. The van der Waals surface area contributed by atoms with E-state index in [2.05, 4.69) is 20.7 Å². The molecular formula is C19H17N3OS. The fourth-order valence-corrected chi connectivity index (χ4v) is 3.61. The highest BCUT2D eigenvalue weighted by atomic mass is 32.1. The quantitative estimate of drug-likeness (QED) is 0.775. The Morgan fingerprint density at radius 2 is 1.79 bits per heavy atom. The average molecular weight is 335 g/mol. The number of amides is 1. The summed E-state index contributed by atoms with van der Waals surface area (Å²) in [5, 5.41) is 3.39. The van der Waals surface area contributed by atoms with Gasteiger partial charge in [-0.1, -0.05) is 36.4 Å².